The number of anilines is 1. The Morgan fingerprint density at radius 3 is 2.50 bits per heavy atom. The van der Waals surface area contributed by atoms with Crippen molar-refractivity contribution in [2.75, 3.05) is 18.8 Å². The summed E-state index contributed by atoms with van der Waals surface area (Å²) in [5.74, 6) is 0.410. The van der Waals surface area contributed by atoms with E-state index < -0.39 is 16.6 Å². The number of ether oxygens (including phenoxy) is 1. The van der Waals surface area contributed by atoms with Crippen molar-refractivity contribution in [1.82, 2.24) is 4.90 Å². The number of fused-ring (bicyclic) bond motifs is 1. The Labute approximate surface area is 129 Å². The predicted molar refractivity (Wildman–Crippen MR) is 83.9 cm³/mol. The molecule has 0 spiro atoms. The maximum Gasteiger partial charge on any atom is 0.295 e. The molecule has 0 aliphatic carbocycles. The zero-order valence-corrected chi connectivity index (χ0v) is 13.4. The van der Waals surface area contributed by atoms with Crippen LogP contribution >= 0.6 is 0 Å². The number of benzene rings is 1. The summed E-state index contributed by atoms with van der Waals surface area (Å²) in [6.07, 6.45) is -0.763. The van der Waals surface area contributed by atoms with Crippen LogP contribution in [0.1, 0.15) is 39.3 Å². The lowest BCUT2D eigenvalue weighted by atomic mass is 9.85. The lowest BCUT2D eigenvalue weighted by molar-refractivity contribution is -0.384. The number of aliphatic hydroxyl groups excluding tert-OH is 1. The third kappa shape index (κ3) is 2.62. The van der Waals surface area contributed by atoms with Crippen LogP contribution in [0.25, 0.3) is 0 Å². The number of nitrogens with zero attached hydrogens (tertiary/aromatic N) is 2. The molecule has 7 nitrogen and oxygen atoms in total. The van der Waals surface area contributed by atoms with E-state index >= 15 is 0 Å². The largest absolute Gasteiger partial charge is 0.484 e. The van der Waals surface area contributed by atoms with Gasteiger partial charge in [0.1, 0.15) is 23.1 Å². The molecule has 1 aromatic rings. The molecule has 1 heterocycles. The Hall–Kier alpha value is -1.86. The first-order valence-corrected chi connectivity index (χ1v) is 7.41. The lowest BCUT2D eigenvalue weighted by Crippen LogP contribution is -2.53. The van der Waals surface area contributed by atoms with E-state index in [0.29, 0.717) is 11.3 Å². The molecular weight excluding hydrogens is 286 g/mol. The van der Waals surface area contributed by atoms with Gasteiger partial charge in [-0.25, -0.2) is 0 Å². The first-order valence-electron chi connectivity index (χ1n) is 7.41. The summed E-state index contributed by atoms with van der Waals surface area (Å²) in [4.78, 5) is 12.6. The smallest absolute Gasteiger partial charge is 0.295 e. The number of likely N-dealkylation sites (N-methyl/N-ethyl adjacent to an activating group) is 1. The van der Waals surface area contributed by atoms with Crippen LogP contribution in [0.15, 0.2) is 12.1 Å². The maximum absolute atomic E-state index is 11.1. The van der Waals surface area contributed by atoms with Crippen LogP contribution in [0.3, 0.4) is 0 Å². The molecule has 0 amide bonds. The maximum atomic E-state index is 11.1. The quantitative estimate of drug-likeness (QED) is 0.501. The molecule has 2 unspecified atom stereocenters. The van der Waals surface area contributed by atoms with Gasteiger partial charge in [0.05, 0.1) is 17.0 Å². The van der Waals surface area contributed by atoms with Crippen molar-refractivity contribution in [3.63, 3.8) is 0 Å². The number of nitrogen functional groups attached to an aromatic ring is 1. The molecule has 1 aliphatic rings. The molecule has 2 atom stereocenters. The van der Waals surface area contributed by atoms with E-state index in [1.54, 1.807) is 19.9 Å². The van der Waals surface area contributed by atoms with Gasteiger partial charge in [0, 0.05) is 5.56 Å². The Morgan fingerprint density at radius 1 is 1.41 bits per heavy atom. The molecule has 0 aromatic heterocycles. The summed E-state index contributed by atoms with van der Waals surface area (Å²) >= 11 is 0. The van der Waals surface area contributed by atoms with Crippen molar-refractivity contribution in [3.05, 3.63) is 27.8 Å². The lowest BCUT2D eigenvalue weighted by Gasteiger charge is -2.46. The van der Waals surface area contributed by atoms with Gasteiger partial charge in [-0.2, -0.15) is 0 Å². The van der Waals surface area contributed by atoms with E-state index in [0.717, 1.165) is 13.1 Å². The van der Waals surface area contributed by atoms with E-state index in [4.69, 9.17) is 10.5 Å². The molecule has 3 N–H and O–H groups in total. The molecule has 22 heavy (non-hydrogen) atoms. The minimum atomic E-state index is -0.843. The highest BCUT2D eigenvalue weighted by atomic mass is 16.6. The SMILES string of the molecule is CCN(CC)C1c2cc(N)c([N+](=O)[O-])cc2OC(C)(C)C1O. The van der Waals surface area contributed by atoms with Crippen LogP contribution in [0.5, 0.6) is 5.75 Å². The number of hydrogen-bond acceptors (Lipinski definition) is 6. The fourth-order valence-corrected chi connectivity index (χ4v) is 2.99. The Balaban J connectivity index is 2.63. The minimum absolute atomic E-state index is 0.0800. The highest BCUT2D eigenvalue weighted by molar-refractivity contribution is 5.65. The van der Waals surface area contributed by atoms with Crippen molar-refractivity contribution >= 4 is 11.4 Å². The number of nitrogens with two attached hydrogens (primary N) is 1. The van der Waals surface area contributed by atoms with Crippen LogP contribution in [-0.4, -0.2) is 39.7 Å². The highest BCUT2D eigenvalue weighted by Crippen LogP contribution is 2.45. The van der Waals surface area contributed by atoms with Gasteiger partial charge < -0.3 is 15.6 Å². The third-order valence-corrected chi connectivity index (χ3v) is 4.26. The van der Waals surface area contributed by atoms with E-state index in [9.17, 15) is 15.2 Å². The molecule has 122 valence electrons. The molecule has 2 rings (SSSR count). The summed E-state index contributed by atoms with van der Waals surface area (Å²) in [7, 11) is 0. The zero-order valence-electron chi connectivity index (χ0n) is 13.4. The van der Waals surface area contributed by atoms with Crippen molar-refractivity contribution in [2.24, 2.45) is 0 Å². The minimum Gasteiger partial charge on any atom is -0.484 e. The Morgan fingerprint density at radius 2 is 2.00 bits per heavy atom. The van der Waals surface area contributed by atoms with Gasteiger partial charge in [0.25, 0.3) is 5.69 Å². The normalized spacial score (nSPS) is 23.0. The molecule has 1 aliphatic heterocycles. The second kappa shape index (κ2) is 5.73. The summed E-state index contributed by atoms with van der Waals surface area (Å²) < 4.78 is 5.81. The van der Waals surface area contributed by atoms with Crippen molar-refractivity contribution in [1.29, 1.82) is 0 Å². The van der Waals surface area contributed by atoms with E-state index in [2.05, 4.69) is 4.90 Å². The van der Waals surface area contributed by atoms with Gasteiger partial charge in [0.2, 0.25) is 0 Å². The average molecular weight is 309 g/mol. The first kappa shape index (κ1) is 16.5. The van der Waals surface area contributed by atoms with Crippen molar-refractivity contribution < 1.29 is 14.8 Å². The van der Waals surface area contributed by atoms with E-state index in [1.165, 1.54) is 6.07 Å². The molecule has 7 heteroatoms. The van der Waals surface area contributed by atoms with E-state index in [-0.39, 0.29) is 17.4 Å². The summed E-state index contributed by atoms with van der Waals surface area (Å²) in [6, 6.07) is 2.60. The van der Waals surface area contributed by atoms with Crippen LogP contribution in [0.4, 0.5) is 11.4 Å². The van der Waals surface area contributed by atoms with Gasteiger partial charge in [-0.3, -0.25) is 15.0 Å². The fourth-order valence-electron chi connectivity index (χ4n) is 2.99. The summed E-state index contributed by atoms with van der Waals surface area (Å²) in [5, 5.41) is 21.8. The standard InChI is InChI=1S/C15H23N3O4/c1-5-17(6-2)13-9-7-10(16)11(18(20)21)8-12(9)22-15(3,4)14(13)19/h7-8,13-14,19H,5-6,16H2,1-4H3. The molecule has 0 saturated heterocycles. The van der Waals surface area contributed by atoms with Crippen LogP contribution in [-0.2, 0) is 0 Å². The van der Waals surface area contributed by atoms with Crippen LogP contribution in [0, 0.1) is 10.1 Å². The second-order valence-electron chi connectivity index (χ2n) is 6.02. The molecule has 0 fully saturated rings. The first-order chi connectivity index (χ1) is 10.2. The van der Waals surface area contributed by atoms with Gasteiger partial charge in [0.15, 0.2) is 0 Å². The van der Waals surface area contributed by atoms with Gasteiger partial charge >= 0.3 is 0 Å². The topological polar surface area (TPSA) is 102 Å². The van der Waals surface area contributed by atoms with Gasteiger partial charge in [-0.05, 0) is 33.0 Å². The molecule has 0 bridgehead atoms. The molecule has 1 aromatic carbocycles. The number of nitro benzene ring substituents is 1. The Bertz CT molecular complexity index is 584. The van der Waals surface area contributed by atoms with Gasteiger partial charge in [-0.1, -0.05) is 13.8 Å². The zero-order chi connectivity index (χ0) is 16.7. The number of aliphatic hydroxyl groups is 1. The van der Waals surface area contributed by atoms with Crippen molar-refractivity contribution in [2.45, 2.75) is 45.4 Å². The molecular formula is C15H23N3O4. The fraction of sp³-hybridized carbons (Fsp3) is 0.600. The monoisotopic (exact) mass is 309 g/mol. The van der Waals surface area contributed by atoms with Crippen molar-refractivity contribution in [3.8, 4) is 5.75 Å². The number of nitro groups is 1. The van der Waals surface area contributed by atoms with Gasteiger partial charge in [-0.15, -0.1) is 0 Å². The van der Waals surface area contributed by atoms with Crippen LogP contribution < -0.4 is 10.5 Å². The number of hydrogen-bond donors (Lipinski definition) is 2. The van der Waals surface area contributed by atoms with Crippen LogP contribution in [0.2, 0.25) is 0 Å². The highest BCUT2D eigenvalue weighted by Gasteiger charge is 2.45. The second-order valence-corrected chi connectivity index (χ2v) is 6.02. The summed E-state index contributed by atoms with van der Waals surface area (Å²) in [6.45, 7) is 9.05. The third-order valence-electron chi connectivity index (χ3n) is 4.26. The van der Waals surface area contributed by atoms with E-state index in [1.807, 2.05) is 13.8 Å². The number of rotatable bonds is 4. The molecule has 0 saturated carbocycles. The predicted octanol–water partition coefficient (Wildman–Crippen LogP) is 2.09. The molecule has 0 radical (unpaired) electrons. The summed E-state index contributed by atoms with van der Waals surface area (Å²) in [5.41, 5.74) is 5.56. The Kier molecular flexibility index (Phi) is 4.30. The average Bonchev–Trinajstić information content (AvgIpc) is 2.44.